The van der Waals surface area contributed by atoms with Crippen LogP contribution in [0.2, 0.25) is 0 Å². The van der Waals surface area contributed by atoms with Crippen molar-refractivity contribution < 1.29 is 14.3 Å². The van der Waals surface area contributed by atoms with Crippen molar-refractivity contribution in [2.24, 2.45) is 5.73 Å². The van der Waals surface area contributed by atoms with Crippen LogP contribution in [0.3, 0.4) is 0 Å². The number of carbonyl (C=O) groups is 2. The van der Waals surface area contributed by atoms with Crippen molar-refractivity contribution in [2.75, 3.05) is 23.4 Å². The lowest BCUT2D eigenvalue weighted by atomic mass is 10.1. The topological polar surface area (TPSA) is 84.7 Å². The maximum absolute atomic E-state index is 12.0. The van der Waals surface area contributed by atoms with Crippen molar-refractivity contribution in [3.8, 4) is 0 Å². The van der Waals surface area contributed by atoms with E-state index in [0.717, 1.165) is 12.8 Å². The number of hydrogen-bond donors (Lipinski definition) is 2. The number of amides is 2. The van der Waals surface area contributed by atoms with Crippen LogP contribution in [-0.2, 0) is 9.53 Å². The molecule has 1 saturated heterocycles. The van der Waals surface area contributed by atoms with Crippen molar-refractivity contribution in [1.82, 2.24) is 0 Å². The molecule has 1 heterocycles. The van der Waals surface area contributed by atoms with Gasteiger partial charge in [0.1, 0.15) is 6.61 Å². The van der Waals surface area contributed by atoms with Gasteiger partial charge in [0.05, 0.1) is 12.6 Å². The molecule has 0 aliphatic carbocycles. The normalized spacial score (nSPS) is 15.7. The molecule has 1 aliphatic heterocycles. The van der Waals surface area contributed by atoms with Gasteiger partial charge in [0.2, 0.25) is 5.91 Å². The fourth-order valence-corrected chi connectivity index (χ4v) is 2.17. The van der Waals surface area contributed by atoms with Crippen molar-refractivity contribution in [3.63, 3.8) is 0 Å². The Morgan fingerprint density at radius 2 is 2.33 bits per heavy atom. The number of hydrogen-bond acceptors (Lipinski definition) is 4. The molecule has 21 heavy (non-hydrogen) atoms. The summed E-state index contributed by atoms with van der Waals surface area (Å²) in [7, 11) is 0. The number of nitrogens with one attached hydrogen (secondary N) is 1. The standard InChI is InChI=1S/C15H21N3O3/c1-2-3-7-13(16)14(19)17-11-5-4-6-12(10-11)18-8-9-21-15(18)20/h4-6,10,13H,2-3,7-9,16H2,1H3,(H,17,19). The monoisotopic (exact) mass is 291 g/mol. The highest BCUT2D eigenvalue weighted by atomic mass is 16.6. The number of benzene rings is 1. The van der Waals surface area contributed by atoms with Crippen LogP contribution in [0, 0.1) is 0 Å². The van der Waals surface area contributed by atoms with Gasteiger partial charge in [0.25, 0.3) is 0 Å². The third kappa shape index (κ3) is 3.95. The summed E-state index contributed by atoms with van der Waals surface area (Å²) < 4.78 is 4.90. The Balaban J connectivity index is 2.01. The quantitative estimate of drug-likeness (QED) is 0.840. The molecule has 3 N–H and O–H groups in total. The van der Waals surface area contributed by atoms with Crippen LogP contribution in [-0.4, -0.2) is 31.2 Å². The van der Waals surface area contributed by atoms with Gasteiger partial charge in [-0.25, -0.2) is 4.79 Å². The lowest BCUT2D eigenvalue weighted by Crippen LogP contribution is -2.35. The van der Waals surface area contributed by atoms with Crippen LogP contribution >= 0.6 is 0 Å². The highest BCUT2D eigenvalue weighted by Crippen LogP contribution is 2.22. The Labute approximate surface area is 124 Å². The third-order valence-electron chi connectivity index (χ3n) is 3.39. The molecule has 0 bridgehead atoms. The predicted octanol–water partition coefficient (Wildman–Crippen LogP) is 2.10. The smallest absolute Gasteiger partial charge is 0.414 e. The Morgan fingerprint density at radius 1 is 1.52 bits per heavy atom. The van der Waals surface area contributed by atoms with E-state index in [1.54, 1.807) is 24.3 Å². The molecule has 1 aliphatic rings. The summed E-state index contributed by atoms with van der Waals surface area (Å²) in [6.07, 6.45) is 2.24. The molecule has 1 fully saturated rings. The largest absolute Gasteiger partial charge is 0.447 e. The number of nitrogens with zero attached hydrogens (tertiary/aromatic N) is 1. The predicted molar refractivity (Wildman–Crippen MR) is 81.3 cm³/mol. The van der Waals surface area contributed by atoms with E-state index >= 15 is 0 Å². The fourth-order valence-electron chi connectivity index (χ4n) is 2.17. The molecule has 6 heteroatoms. The van der Waals surface area contributed by atoms with Gasteiger partial charge in [0.15, 0.2) is 0 Å². The number of anilines is 2. The molecule has 6 nitrogen and oxygen atoms in total. The number of nitrogens with two attached hydrogens (primary N) is 1. The van der Waals surface area contributed by atoms with Crippen LogP contribution in [0.4, 0.5) is 16.2 Å². The first-order valence-electron chi connectivity index (χ1n) is 7.22. The van der Waals surface area contributed by atoms with Crippen LogP contribution in [0.5, 0.6) is 0 Å². The van der Waals surface area contributed by atoms with E-state index in [1.165, 1.54) is 4.90 Å². The molecule has 1 aromatic carbocycles. The first-order valence-corrected chi connectivity index (χ1v) is 7.22. The van der Waals surface area contributed by atoms with Gasteiger partial charge < -0.3 is 15.8 Å². The van der Waals surface area contributed by atoms with Gasteiger partial charge >= 0.3 is 6.09 Å². The van der Waals surface area contributed by atoms with E-state index in [1.807, 2.05) is 0 Å². The second-order valence-corrected chi connectivity index (χ2v) is 5.05. The molecule has 114 valence electrons. The highest BCUT2D eigenvalue weighted by Gasteiger charge is 2.23. The summed E-state index contributed by atoms with van der Waals surface area (Å²) in [6, 6.07) is 6.60. The van der Waals surface area contributed by atoms with Gasteiger partial charge in [-0.1, -0.05) is 25.8 Å². The van der Waals surface area contributed by atoms with Crippen molar-refractivity contribution in [3.05, 3.63) is 24.3 Å². The number of carbonyl (C=O) groups excluding carboxylic acids is 2. The van der Waals surface area contributed by atoms with E-state index in [-0.39, 0.29) is 12.0 Å². The first-order chi connectivity index (χ1) is 10.1. The maximum Gasteiger partial charge on any atom is 0.414 e. The summed E-state index contributed by atoms with van der Waals surface area (Å²) in [6.45, 7) is 2.97. The lowest BCUT2D eigenvalue weighted by Gasteiger charge is -2.15. The maximum atomic E-state index is 12.0. The number of unbranched alkanes of at least 4 members (excludes halogenated alkanes) is 1. The molecular weight excluding hydrogens is 270 g/mol. The summed E-state index contributed by atoms with van der Waals surface area (Å²) in [5.74, 6) is -0.204. The van der Waals surface area contributed by atoms with Crippen molar-refractivity contribution >= 4 is 23.4 Å². The summed E-state index contributed by atoms with van der Waals surface area (Å²) >= 11 is 0. The number of cyclic esters (lactones) is 1. The molecule has 0 saturated carbocycles. The second-order valence-electron chi connectivity index (χ2n) is 5.05. The number of ether oxygens (including phenoxy) is 1. The zero-order valence-corrected chi connectivity index (χ0v) is 12.2. The lowest BCUT2D eigenvalue weighted by molar-refractivity contribution is -0.117. The summed E-state index contributed by atoms with van der Waals surface area (Å²) in [5.41, 5.74) is 7.17. The highest BCUT2D eigenvalue weighted by molar-refractivity contribution is 5.96. The van der Waals surface area contributed by atoms with Gasteiger partial charge in [-0.2, -0.15) is 0 Å². The van der Waals surface area contributed by atoms with Gasteiger partial charge in [-0.3, -0.25) is 9.69 Å². The van der Waals surface area contributed by atoms with Gasteiger partial charge in [-0.05, 0) is 24.6 Å². The van der Waals surface area contributed by atoms with Crippen molar-refractivity contribution in [1.29, 1.82) is 0 Å². The second kappa shape index (κ2) is 7.08. The summed E-state index contributed by atoms with van der Waals surface area (Å²) in [4.78, 5) is 25.0. The van der Waals surface area contributed by atoms with E-state index in [4.69, 9.17) is 10.5 Å². The SMILES string of the molecule is CCCCC(N)C(=O)Nc1cccc(N2CCOC2=O)c1. The molecule has 1 aromatic rings. The zero-order chi connectivity index (χ0) is 15.2. The van der Waals surface area contributed by atoms with Crippen LogP contribution < -0.4 is 16.0 Å². The Morgan fingerprint density at radius 3 is 3.00 bits per heavy atom. The van der Waals surface area contributed by atoms with E-state index < -0.39 is 6.04 Å². The van der Waals surface area contributed by atoms with E-state index in [9.17, 15) is 9.59 Å². The van der Waals surface area contributed by atoms with E-state index in [0.29, 0.717) is 30.9 Å². The molecule has 0 radical (unpaired) electrons. The molecule has 1 atom stereocenters. The minimum atomic E-state index is -0.509. The molecule has 1 unspecified atom stereocenters. The van der Waals surface area contributed by atoms with Crippen molar-refractivity contribution in [2.45, 2.75) is 32.2 Å². The zero-order valence-electron chi connectivity index (χ0n) is 12.2. The minimum absolute atomic E-state index is 0.204. The molecule has 2 amide bonds. The Kier molecular flexibility index (Phi) is 5.16. The fraction of sp³-hybridized carbons (Fsp3) is 0.467. The molecule has 0 spiro atoms. The van der Waals surface area contributed by atoms with Gasteiger partial charge in [0, 0.05) is 11.4 Å². The average molecular weight is 291 g/mol. The minimum Gasteiger partial charge on any atom is -0.447 e. The Bertz CT molecular complexity index is 519. The molecule has 2 rings (SSSR count). The average Bonchev–Trinajstić information content (AvgIpc) is 2.91. The summed E-state index contributed by atoms with van der Waals surface area (Å²) in [5, 5.41) is 2.79. The first kappa shape index (κ1) is 15.3. The van der Waals surface area contributed by atoms with Gasteiger partial charge in [-0.15, -0.1) is 0 Å². The van der Waals surface area contributed by atoms with Crippen LogP contribution in [0.25, 0.3) is 0 Å². The third-order valence-corrected chi connectivity index (χ3v) is 3.39. The Hall–Kier alpha value is -2.08. The van der Waals surface area contributed by atoms with E-state index in [2.05, 4.69) is 12.2 Å². The number of rotatable bonds is 6. The van der Waals surface area contributed by atoms with Crippen LogP contribution in [0.15, 0.2) is 24.3 Å². The molecule has 0 aromatic heterocycles. The molecular formula is C15H21N3O3. The van der Waals surface area contributed by atoms with Crippen LogP contribution in [0.1, 0.15) is 26.2 Å².